The molecule has 0 radical (unpaired) electrons. The molecule has 1 rings (SSSR count). The maximum absolute atomic E-state index is 12.0. The summed E-state index contributed by atoms with van der Waals surface area (Å²) in [5.41, 5.74) is 5.93. The molecule has 1 aliphatic rings. The average Bonchev–Trinajstić information content (AvgIpc) is 2.64. The highest BCUT2D eigenvalue weighted by Crippen LogP contribution is 2.21. The van der Waals surface area contributed by atoms with Crippen LogP contribution >= 0.6 is 0 Å². The minimum Gasteiger partial charge on any atom is -0.341 e. The molecule has 0 saturated carbocycles. The van der Waals surface area contributed by atoms with Gasteiger partial charge in [0.2, 0.25) is 5.91 Å². The van der Waals surface area contributed by atoms with Crippen LogP contribution in [-0.2, 0) is 4.79 Å². The molecule has 3 nitrogen and oxygen atoms in total. The molecule has 0 aliphatic carbocycles. The number of nitrogens with two attached hydrogens (primary N) is 1. The molecular formula is C13H26N2O. The summed E-state index contributed by atoms with van der Waals surface area (Å²) in [6.07, 6.45) is 4.41. The van der Waals surface area contributed by atoms with Crippen molar-refractivity contribution in [3.05, 3.63) is 0 Å². The third-order valence-corrected chi connectivity index (χ3v) is 3.34. The predicted molar refractivity (Wildman–Crippen MR) is 67.0 cm³/mol. The maximum atomic E-state index is 12.0. The number of nitrogens with zero attached hydrogens (tertiary/aromatic N) is 1. The van der Waals surface area contributed by atoms with Crippen molar-refractivity contribution in [1.82, 2.24) is 4.90 Å². The van der Waals surface area contributed by atoms with Gasteiger partial charge in [-0.2, -0.15) is 0 Å². The molecule has 1 heterocycles. The SMILES string of the molecule is CCCC1CCN(C(=O)[C@@H](N)CC(C)C)C1. The van der Waals surface area contributed by atoms with Gasteiger partial charge in [-0.05, 0) is 31.1 Å². The second kappa shape index (κ2) is 6.24. The summed E-state index contributed by atoms with van der Waals surface area (Å²) < 4.78 is 0. The van der Waals surface area contributed by atoms with Crippen molar-refractivity contribution in [2.24, 2.45) is 17.6 Å². The molecular weight excluding hydrogens is 200 g/mol. The van der Waals surface area contributed by atoms with Gasteiger partial charge in [0.1, 0.15) is 0 Å². The van der Waals surface area contributed by atoms with Crippen molar-refractivity contribution < 1.29 is 4.79 Å². The molecule has 0 aromatic carbocycles. The minimum atomic E-state index is -0.291. The van der Waals surface area contributed by atoms with Crippen molar-refractivity contribution in [2.75, 3.05) is 13.1 Å². The van der Waals surface area contributed by atoms with Gasteiger partial charge < -0.3 is 10.6 Å². The Hall–Kier alpha value is -0.570. The van der Waals surface area contributed by atoms with Crippen LogP contribution in [-0.4, -0.2) is 29.9 Å². The van der Waals surface area contributed by atoms with Gasteiger partial charge in [0.15, 0.2) is 0 Å². The van der Waals surface area contributed by atoms with E-state index in [2.05, 4.69) is 20.8 Å². The number of likely N-dealkylation sites (tertiary alicyclic amines) is 1. The van der Waals surface area contributed by atoms with Crippen molar-refractivity contribution in [1.29, 1.82) is 0 Å². The highest BCUT2D eigenvalue weighted by molar-refractivity contribution is 5.81. The van der Waals surface area contributed by atoms with E-state index in [9.17, 15) is 4.79 Å². The van der Waals surface area contributed by atoms with Crippen molar-refractivity contribution in [2.45, 2.75) is 52.5 Å². The lowest BCUT2D eigenvalue weighted by molar-refractivity contribution is -0.132. The number of carbonyl (C=O) groups excluding carboxylic acids is 1. The summed E-state index contributed by atoms with van der Waals surface area (Å²) in [6.45, 7) is 8.26. The molecule has 0 aromatic rings. The molecule has 1 unspecified atom stereocenters. The molecule has 1 amide bonds. The molecule has 0 aromatic heterocycles. The Kier molecular flexibility index (Phi) is 5.26. The van der Waals surface area contributed by atoms with E-state index in [1.807, 2.05) is 4.90 Å². The molecule has 3 heteroatoms. The summed E-state index contributed by atoms with van der Waals surface area (Å²) in [5, 5.41) is 0. The van der Waals surface area contributed by atoms with Crippen molar-refractivity contribution in [3.63, 3.8) is 0 Å². The van der Waals surface area contributed by atoms with Crippen LogP contribution in [0.5, 0.6) is 0 Å². The Labute approximate surface area is 99.4 Å². The number of carbonyl (C=O) groups is 1. The quantitative estimate of drug-likeness (QED) is 0.779. The third-order valence-electron chi connectivity index (χ3n) is 3.34. The number of hydrogen-bond acceptors (Lipinski definition) is 2. The average molecular weight is 226 g/mol. The zero-order valence-corrected chi connectivity index (χ0v) is 10.9. The van der Waals surface area contributed by atoms with Gasteiger partial charge in [0, 0.05) is 13.1 Å². The zero-order chi connectivity index (χ0) is 12.1. The van der Waals surface area contributed by atoms with E-state index >= 15 is 0 Å². The highest BCUT2D eigenvalue weighted by atomic mass is 16.2. The van der Waals surface area contributed by atoms with E-state index in [0.29, 0.717) is 11.8 Å². The van der Waals surface area contributed by atoms with Crippen LogP contribution in [0.2, 0.25) is 0 Å². The monoisotopic (exact) mass is 226 g/mol. The van der Waals surface area contributed by atoms with Gasteiger partial charge in [-0.15, -0.1) is 0 Å². The fourth-order valence-corrected chi connectivity index (χ4v) is 2.52. The molecule has 1 fully saturated rings. The lowest BCUT2D eigenvalue weighted by Crippen LogP contribution is -2.43. The second-order valence-corrected chi connectivity index (χ2v) is 5.46. The molecule has 16 heavy (non-hydrogen) atoms. The number of amides is 1. The summed E-state index contributed by atoms with van der Waals surface area (Å²) in [6, 6.07) is -0.291. The smallest absolute Gasteiger partial charge is 0.239 e. The molecule has 94 valence electrons. The van der Waals surface area contributed by atoms with Gasteiger partial charge in [-0.1, -0.05) is 27.2 Å². The van der Waals surface area contributed by atoms with Gasteiger partial charge in [0.05, 0.1) is 6.04 Å². The first kappa shape index (κ1) is 13.5. The molecule has 2 atom stereocenters. The third kappa shape index (κ3) is 3.78. The molecule has 2 N–H and O–H groups in total. The van der Waals surface area contributed by atoms with Crippen LogP contribution in [0.1, 0.15) is 46.5 Å². The van der Waals surface area contributed by atoms with Crippen LogP contribution in [0.25, 0.3) is 0 Å². The van der Waals surface area contributed by atoms with Crippen LogP contribution in [0, 0.1) is 11.8 Å². The van der Waals surface area contributed by atoms with Crippen LogP contribution < -0.4 is 5.73 Å². The van der Waals surface area contributed by atoms with E-state index in [4.69, 9.17) is 5.73 Å². The molecule has 0 bridgehead atoms. The maximum Gasteiger partial charge on any atom is 0.239 e. The van der Waals surface area contributed by atoms with E-state index in [1.165, 1.54) is 12.8 Å². The van der Waals surface area contributed by atoms with Crippen molar-refractivity contribution in [3.8, 4) is 0 Å². The Bertz CT molecular complexity index is 228. The van der Waals surface area contributed by atoms with E-state index < -0.39 is 0 Å². The molecule has 0 spiro atoms. The van der Waals surface area contributed by atoms with Crippen LogP contribution in [0.15, 0.2) is 0 Å². The number of rotatable bonds is 5. The summed E-state index contributed by atoms with van der Waals surface area (Å²) >= 11 is 0. The molecule has 1 saturated heterocycles. The van der Waals surface area contributed by atoms with E-state index in [1.54, 1.807) is 0 Å². The van der Waals surface area contributed by atoms with Crippen LogP contribution in [0.4, 0.5) is 0 Å². The zero-order valence-electron chi connectivity index (χ0n) is 10.9. The van der Waals surface area contributed by atoms with Gasteiger partial charge >= 0.3 is 0 Å². The largest absolute Gasteiger partial charge is 0.341 e. The fourth-order valence-electron chi connectivity index (χ4n) is 2.52. The van der Waals surface area contributed by atoms with Crippen LogP contribution in [0.3, 0.4) is 0 Å². The topological polar surface area (TPSA) is 46.3 Å². The Morgan fingerprint density at radius 3 is 2.75 bits per heavy atom. The first-order valence-electron chi connectivity index (χ1n) is 6.59. The Morgan fingerprint density at radius 2 is 2.19 bits per heavy atom. The predicted octanol–water partition coefficient (Wildman–Crippen LogP) is 2.01. The lowest BCUT2D eigenvalue weighted by Gasteiger charge is -2.22. The number of hydrogen-bond donors (Lipinski definition) is 1. The van der Waals surface area contributed by atoms with E-state index in [-0.39, 0.29) is 11.9 Å². The minimum absolute atomic E-state index is 0.160. The molecule has 1 aliphatic heterocycles. The summed E-state index contributed by atoms with van der Waals surface area (Å²) in [4.78, 5) is 14.0. The standard InChI is InChI=1S/C13H26N2O/c1-4-5-11-6-7-15(9-11)13(16)12(14)8-10(2)3/h10-12H,4-9,14H2,1-3H3/t11?,12-/m0/s1. The van der Waals surface area contributed by atoms with Crippen molar-refractivity contribution >= 4 is 5.91 Å². The lowest BCUT2D eigenvalue weighted by atomic mass is 10.0. The van der Waals surface area contributed by atoms with Gasteiger partial charge in [0.25, 0.3) is 0 Å². The Balaban J connectivity index is 2.38. The highest BCUT2D eigenvalue weighted by Gasteiger charge is 2.28. The summed E-state index contributed by atoms with van der Waals surface area (Å²) in [5.74, 6) is 1.36. The fraction of sp³-hybridized carbons (Fsp3) is 0.923. The van der Waals surface area contributed by atoms with Gasteiger partial charge in [-0.3, -0.25) is 4.79 Å². The Morgan fingerprint density at radius 1 is 1.50 bits per heavy atom. The normalized spacial score (nSPS) is 22.8. The first-order valence-corrected chi connectivity index (χ1v) is 6.59. The second-order valence-electron chi connectivity index (χ2n) is 5.46. The van der Waals surface area contributed by atoms with E-state index in [0.717, 1.165) is 25.9 Å². The first-order chi connectivity index (χ1) is 7.54. The summed E-state index contributed by atoms with van der Waals surface area (Å²) in [7, 11) is 0. The van der Waals surface area contributed by atoms with Gasteiger partial charge in [-0.25, -0.2) is 0 Å².